The van der Waals surface area contributed by atoms with Crippen LogP contribution < -0.4 is 11.1 Å². The van der Waals surface area contributed by atoms with Crippen molar-refractivity contribution in [1.82, 2.24) is 5.32 Å². The van der Waals surface area contributed by atoms with Gasteiger partial charge in [0.05, 0.1) is 5.69 Å². The predicted molar refractivity (Wildman–Crippen MR) is 86.0 cm³/mol. The number of nitrogens with one attached hydrogen (secondary N) is 1. The SMILES string of the molecule is C#CCCCCNC(=O)c1sc2c(C)cccc2c1N. The summed E-state index contributed by atoms with van der Waals surface area (Å²) in [5.74, 6) is 2.50. The Morgan fingerprint density at radius 2 is 2.25 bits per heavy atom. The summed E-state index contributed by atoms with van der Waals surface area (Å²) in [6.07, 6.45) is 7.75. The summed E-state index contributed by atoms with van der Waals surface area (Å²) in [6.45, 7) is 2.66. The number of anilines is 1. The molecule has 104 valence electrons. The molecule has 0 bridgehead atoms. The van der Waals surface area contributed by atoms with E-state index in [0.29, 0.717) is 17.1 Å². The van der Waals surface area contributed by atoms with Crippen LogP contribution in [-0.2, 0) is 0 Å². The van der Waals surface area contributed by atoms with Gasteiger partial charge in [0.2, 0.25) is 0 Å². The normalized spacial score (nSPS) is 10.4. The number of rotatable bonds is 5. The number of nitrogen functional groups attached to an aromatic ring is 1. The number of hydrogen-bond acceptors (Lipinski definition) is 3. The van der Waals surface area contributed by atoms with Crippen molar-refractivity contribution in [1.29, 1.82) is 0 Å². The molecule has 0 saturated carbocycles. The molecule has 0 radical (unpaired) electrons. The predicted octanol–water partition coefficient (Wildman–Crippen LogP) is 3.33. The molecule has 20 heavy (non-hydrogen) atoms. The summed E-state index contributed by atoms with van der Waals surface area (Å²) < 4.78 is 1.09. The van der Waals surface area contributed by atoms with Gasteiger partial charge in [0.25, 0.3) is 5.91 Å². The number of aryl methyl sites for hydroxylation is 1. The van der Waals surface area contributed by atoms with E-state index < -0.39 is 0 Å². The van der Waals surface area contributed by atoms with E-state index >= 15 is 0 Å². The molecule has 0 atom stereocenters. The van der Waals surface area contributed by atoms with E-state index in [0.717, 1.165) is 34.9 Å². The molecule has 3 nitrogen and oxygen atoms in total. The number of thiophene rings is 1. The van der Waals surface area contributed by atoms with Crippen molar-refractivity contribution in [2.45, 2.75) is 26.2 Å². The first kappa shape index (κ1) is 14.4. The molecule has 2 rings (SSSR count). The number of benzene rings is 1. The lowest BCUT2D eigenvalue weighted by molar-refractivity contribution is 0.0958. The number of fused-ring (bicyclic) bond motifs is 1. The molecule has 4 heteroatoms. The third kappa shape index (κ3) is 2.94. The fourth-order valence-corrected chi connectivity index (χ4v) is 3.19. The van der Waals surface area contributed by atoms with E-state index in [9.17, 15) is 4.79 Å². The van der Waals surface area contributed by atoms with Crippen molar-refractivity contribution in [3.8, 4) is 12.3 Å². The van der Waals surface area contributed by atoms with Gasteiger partial charge in [0.15, 0.2) is 0 Å². The Balaban J connectivity index is 2.09. The maximum atomic E-state index is 12.2. The highest BCUT2D eigenvalue weighted by molar-refractivity contribution is 7.21. The summed E-state index contributed by atoms with van der Waals surface area (Å²) in [4.78, 5) is 12.8. The van der Waals surface area contributed by atoms with Crippen molar-refractivity contribution in [3.05, 3.63) is 28.6 Å². The molecule has 0 aliphatic rings. The molecule has 0 fully saturated rings. The minimum absolute atomic E-state index is 0.0937. The fourth-order valence-electron chi connectivity index (χ4n) is 2.08. The van der Waals surface area contributed by atoms with Gasteiger partial charge in [-0.3, -0.25) is 4.79 Å². The molecule has 1 amide bonds. The van der Waals surface area contributed by atoms with Crippen LogP contribution in [0.2, 0.25) is 0 Å². The Kier molecular flexibility index (Phi) is 4.65. The number of nitrogens with two attached hydrogens (primary N) is 1. The van der Waals surface area contributed by atoms with Crippen LogP contribution in [0.15, 0.2) is 18.2 Å². The number of hydrogen-bond donors (Lipinski definition) is 2. The number of carbonyl (C=O) groups excluding carboxylic acids is 1. The van der Waals surface area contributed by atoms with Crippen LogP contribution in [0.4, 0.5) is 5.69 Å². The van der Waals surface area contributed by atoms with Crippen LogP contribution in [0.5, 0.6) is 0 Å². The average Bonchev–Trinajstić information content (AvgIpc) is 2.78. The van der Waals surface area contributed by atoms with E-state index in [-0.39, 0.29) is 5.91 Å². The molecule has 0 aliphatic heterocycles. The van der Waals surface area contributed by atoms with Gasteiger partial charge in [0, 0.05) is 23.1 Å². The Hall–Kier alpha value is -1.99. The lowest BCUT2D eigenvalue weighted by Crippen LogP contribution is -2.24. The number of unbranched alkanes of at least 4 members (excludes halogenated alkanes) is 2. The first-order valence-corrected chi connectivity index (χ1v) is 7.46. The van der Waals surface area contributed by atoms with Crippen molar-refractivity contribution >= 4 is 33.0 Å². The van der Waals surface area contributed by atoms with Gasteiger partial charge in [-0.1, -0.05) is 18.2 Å². The average molecular weight is 286 g/mol. The van der Waals surface area contributed by atoms with Crippen LogP contribution in [-0.4, -0.2) is 12.5 Å². The molecule has 1 heterocycles. The Morgan fingerprint density at radius 1 is 1.45 bits per heavy atom. The number of carbonyl (C=O) groups is 1. The van der Waals surface area contributed by atoms with Gasteiger partial charge in [-0.15, -0.1) is 23.7 Å². The third-order valence-electron chi connectivity index (χ3n) is 3.19. The third-order valence-corrected chi connectivity index (χ3v) is 4.55. The zero-order valence-corrected chi connectivity index (χ0v) is 12.3. The summed E-state index contributed by atoms with van der Waals surface area (Å²) in [7, 11) is 0. The second-order valence-corrected chi connectivity index (χ2v) is 5.73. The Bertz CT molecular complexity index is 667. The Morgan fingerprint density at radius 3 is 2.95 bits per heavy atom. The maximum Gasteiger partial charge on any atom is 0.263 e. The van der Waals surface area contributed by atoms with Crippen molar-refractivity contribution < 1.29 is 4.79 Å². The zero-order chi connectivity index (χ0) is 14.5. The van der Waals surface area contributed by atoms with Gasteiger partial charge in [-0.05, 0) is 25.3 Å². The van der Waals surface area contributed by atoms with E-state index in [1.807, 2.05) is 25.1 Å². The highest BCUT2D eigenvalue weighted by Crippen LogP contribution is 2.35. The molecule has 0 unspecified atom stereocenters. The van der Waals surface area contributed by atoms with Gasteiger partial charge in [-0.2, -0.15) is 0 Å². The number of terminal acetylenes is 1. The quantitative estimate of drug-likeness (QED) is 0.654. The molecule has 3 N–H and O–H groups in total. The molecule has 0 saturated heterocycles. The van der Waals surface area contributed by atoms with Crippen molar-refractivity contribution in [2.75, 3.05) is 12.3 Å². The second kappa shape index (κ2) is 6.44. The maximum absolute atomic E-state index is 12.2. The van der Waals surface area contributed by atoms with Crippen LogP contribution in [0, 0.1) is 19.3 Å². The first-order valence-electron chi connectivity index (χ1n) is 6.64. The number of amides is 1. The smallest absolute Gasteiger partial charge is 0.263 e. The zero-order valence-electron chi connectivity index (χ0n) is 11.5. The highest BCUT2D eigenvalue weighted by atomic mass is 32.1. The van der Waals surface area contributed by atoms with Crippen molar-refractivity contribution in [3.63, 3.8) is 0 Å². The minimum Gasteiger partial charge on any atom is -0.397 e. The lowest BCUT2D eigenvalue weighted by atomic mass is 10.1. The van der Waals surface area contributed by atoms with E-state index in [4.69, 9.17) is 12.2 Å². The van der Waals surface area contributed by atoms with Gasteiger partial charge in [-0.25, -0.2) is 0 Å². The molecule has 0 aliphatic carbocycles. The second-order valence-electron chi connectivity index (χ2n) is 4.71. The van der Waals surface area contributed by atoms with Crippen LogP contribution >= 0.6 is 11.3 Å². The largest absolute Gasteiger partial charge is 0.397 e. The van der Waals surface area contributed by atoms with E-state index in [1.54, 1.807) is 0 Å². The monoisotopic (exact) mass is 286 g/mol. The Labute approximate surface area is 123 Å². The van der Waals surface area contributed by atoms with Crippen molar-refractivity contribution in [2.24, 2.45) is 0 Å². The topological polar surface area (TPSA) is 55.1 Å². The summed E-state index contributed by atoms with van der Waals surface area (Å²) in [5.41, 5.74) is 7.81. The molecule has 0 spiro atoms. The van der Waals surface area contributed by atoms with Gasteiger partial charge >= 0.3 is 0 Å². The first-order chi connectivity index (χ1) is 9.65. The summed E-state index contributed by atoms with van der Waals surface area (Å²) in [5, 5.41) is 3.87. The minimum atomic E-state index is -0.0937. The van der Waals surface area contributed by atoms with Crippen LogP contribution in [0.1, 0.15) is 34.5 Å². The molecule has 1 aromatic carbocycles. The van der Waals surface area contributed by atoms with E-state index in [2.05, 4.69) is 11.2 Å². The van der Waals surface area contributed by atoms with Gasteiger partial charge < -0.3 is 11.1 Å². The molecular formula is C16H18N2OS. The molecular weight excluding hydrogens is 268 g/mol. The molecule has 2 aromatic rings. The summed E-state index contributed by atoms with van der Waals surface area (Å²) in [6, 6.07) is 5.94. The van der Waals surface area contributed by atoms with Gasteiger partial charge in [0.1, 0.15) is 4.88 Å². The standard InChI is InChI=1S/C16H18N2OS/c1-3-4-5-6-10-18-16(19)15-13(17)12-9-7-8-11(2)14(12)20-15/h1,7-9H,4-6,10,17H2,2H3,(H,18,19). The van der Waals surface area contributed by atoms with Crippen LogP contribution in [0.3, 0.4) is 0 Å². The van der Waals surface area contributed by atoms with Crippen LogP contribution in [0.25, 0.3) is 10.1 Å². The lowest BCUT2D eigenvalue weighted by Gasteiger charge is -2.03. The fraction of sp³-hybridized carbons (Fsp3) is 0.312. The molecule has 1 aromatic heterocycles. The highest BCUT2D eigenvalue weighted by Gasteiger charge is 2.16. The van der Waals surface area contributed by atoms with E-state index in [1.165, 1.54) is 11.3 Å². The summed E-state index contributed by atoms with van der Waals surface area (Å²) >= 11 is 1.46.